The smallest absolute Gasteiger partial charge is 0.399 e. The topological polar surface area (TPSA) is 21.7 Å². The van der Waals surface area contributed by atoms with Crippen molar-refractivity contribution < 1.29 is 9.31 Å². The molecule has 0 spiro atoms. The van der Waals surface area contributed by atoms with E-state index in [0.29, 0.717) is 0 Å². The molecular weight excluding hydrogens is 537 g/mol. The lowest BCUT2D eigenvalue weighted by atomic mass is 9.75. The summed E-state index contributed by atoms with van der Waals surface area (Å²) >= 11 is 0. The van der Waals surface area contributed by atoms with Crippen LogP contribution < -0.4 is 10.4 Å². The number of hydrogen-bond acceptors (Lipinski definition) is 3. The van der Waals surface area contributed by atoms with E-state index >= 15 is 0 Å². The van der Waals surface area contributed by atoms with Gasteiger partial charge in [0.05, 0.1) is 17.2 Å². The number of nitrogens with zero attached hydrogens (tertiary/aromatic N) is 1. The molecule has 4 heteroatoms. The van der Waals surface area contributed by atoms with Crippen molar-refractivity contribution in [1.29, 1.82) is 0 Å². The first-order valence-corrected chi connectivity index (χ1v) is 15.6. The third-order valence-corrected chi connectivity index (χ3v) is 9.47. The van der Waals surface area contributed by atoms with Crippen LogP contribution in [-0.2, 0) is 9.31 Å². The van der Waals surface area contributed by atoms with Gasteiger partial charge in [0, 0.05) is 16.8 Å². The van der Waals surface area contributed by atoms with Crippen LogP contribution in [0.1, 0.15) is 39.7 Å². The Labute approximate surface area is 261 Å². The van der Waals surface area contributed by atoms with Crippen molar-refractivity contribution in [3.05, 3.63) is 145 Å². The Morgan fingerprint density at radius 3 is 1.80 bits per heavy atom. The summed E-state index contributed by atoms with van der Waals surface area (Å²) in [5, 5.41) is 2.33. The molecule has 5 aromatic rings. The minimum Gasteiger partial charge on any atom is -0.399 e. The van der Waals surface area contributed by atoms with Crippen LogP contribution in [0, 0.1) is 0 Å². The zero-order valence-electron chi connectivity index (χ0n) is 25.9. The molecule has 0 radical (unpaired) electrons. The zero-order valence-corrected chi connectivity index (χ0v) is 25.9. The summed E-state index contributed by atoms with van der Waals surface area (Å²) < 4.78 is 13.0. The molecule has 1 aliphatic carbocycles. The maximum atomic E-state index is 6.51. The van der Waals surface area contributed by atoms with Gasteiger partial charge in [-0.1, -0.05) is 121 Å². The van der Waals surface area contributed by atoms with Gasteiger partial charge in [-0.05, 0) is 85.4 Å². The van der Waals surface area contributed by atoms with Crippen LogP contribution in [0.25, 0.3) is 27.5 Å². The van der Waals surface area contributed by atoms with E-state index in [1.807, 2.05) is 0 Å². The third kappa shape index (κ3) is 5.19. The SMILES string of the molecule is CC1(C)OB(c2ccc(N(c3ccc(-c4ccccc4)cc3)C3C=CC(c4ccccc4)=CC3)c3ccccc23)OC1(C)C. The minimum absolute atomic E-state index is 0.149. The number of allylic oxidation sites excluding steroid dienone is 2. The lowest BCUT2D eigenvalue weighted by Crippen LogP contribution is -2.41. The Morgan fingerprint density at radius 2 is 1.18 bits per heavy atom. The van der Waals surface area contributed by atoms with E-state index in [2.05, 4.69) is 172 Å². The average Bonchev–Trinajstić information content (AvgIpc) is 3.28. The normalized spacial score (nSPS) is 18.8. The Bertz CT molecular complexity index is 1830. The quantitative estimate of drug-likeness (QED) is 0.188. The van der Waals surface area contributed by atoms with Crippen molar-refractivity contribution in [2.75, 3.05) is 4.90 Å². The second-order valence-electron chi connectivity index (χ2n) is 12.8. The predicted octanol–water partition coefficient (Wildman–Crippen LogP) is 9.36. The fraction of sp³-hybridized carbons (Fsp3) is 0.200. The van der Waals surface area contributed by atoms with E-state index in [1.165, 1.54) is 33.3 Å². The summed E-state index contributed by atoms with van der Waals surface area (Å²) in [6.07, 6.45) is 7.89. The van der Waals surface area contributed by atoms with Crippen LogP contribution in [0.4, 0.5) is 11.4 Å². The van der Waals surface area contributed by atoms with Crippen molar-refractivity contribution in [3.63, 3.8) is 0 Å². The summed E-state index contributed by atoms with van der Waals surface area (Å²) in [6, 6.07) is 43.4. The van der Waals surface area contributed by atoms with Gasteiger partial charge < -0.3 is 14.2 Å². The molecule has 0 amide bonds. The van der Waals surface area contributed by atoms with Gasteiger partial charge in [0.2, 0.25) is 0 Å². The standard InChI is InChI=1S/C40H38BNO2/c1-39(2)40(3,4)44-41(43-39)37-27-28-38(36-18-12-11-17-35(36)37)42(33-23-19-31(20-24-33)29-13-7-5-8-14-29)34-25-21-32(22-26-34)30-15-9-6-10-16-30/h5-25,27-28,34H,26H2,1-4H3. The second-order valence-corrected chi connectivity index (χ2v) is 12.8. The van der Waals surface area contributed by atoms with Crippen LogP contribution in [0.5, 0.6) is 0 Å². The van der Waals surface area contributed by atoms with Crippen LogP contribution in [0.3, 0.4) is 0 Å². The molecule has 1 aliphatic heterocycles. The summed E-state index contributed by atoms with van der Waals surface area (Å²) in [7, 11) is -0.427. The van der Waals surface area contributed by atoms with Gasteiger partial charge in [0.15, 0.2) is 0 Å². The average molecular weight is 576 g/mol. The first kappa shape index (κ1) is 28.4. The number of hydrogen-bond donors (Lipinski definition) is 0. The molecule has 3 nitrogen and oxygen atoms in total. The summed E-state index contributed by atoms with van der Waals surface area (Å²) in [6.45, 7) is 8.43. The van der Waals surface area contributed by atoms with Gasteiger partial charge in [-0.25, -0.2) is 0 Å². The summed E-state index contributed by atoms with van der Waals surface area (Å²) in [5.74, 6) is 0. The highest BCUT2D eigenvalue weighted by atomic mass is 16.7. The van der Waals surface area contributed by atoms with Crippen LogP contribution in [0.2, 0.25) is 0 Å². The molecule has 1 saturated heterocycles. The van der Waals surface area contributed by atoms with Crippen LogP contribution >= 0.6 is 0 Å². The summed E-state index contributed by atoms with van der Waals surface area (Å²) in [4.78, 5) is 2.49. The van der Waals surface area contributed by atoms with Crippen molar-refractivity contribution in [2.24, 2.45) is 0 Å². The van der Waals surface area contributed by atoms with Crippen molar-refractivity contribution in [1.82, 2.24) is 0 Å². The van der Waals surface area contributed by atoms with Gasteiger partial charge in [-0.15, -0.1) is 0 Å². The molecule has 1 atom stereocenters. The zero-order chi connectivity index (χ0) is 30.3. The molecule has 7 rings (SSSR count). The predicted molar refractivity (Wildman–Crippen MR) is 186 cm³/mol. The molecule has 0 bridgehead atoms. The highest BCUT2D eigenvalue weighted by Gasteiger charge is 2.52. The Hall–Kier alpha value is -4.38. The number of anilines is 2. The third-order valence-electron chi connectivity index (χ3n) is 9.47. The monoisotopic (exact) mass is 575 g/mol. The maximum Gasteiger partial charge on any atom is 0.495 e. The van der Waals surface area contributed by atoms with Gasteiger partial charge in [-0.3, -0.25) is 0 Å². The highest BCUT2D eigenvalue weighted by molar-refractivity contribution is 6.65. The molecule has 1 unspecified atom stereocenters. The molecule has 0 N–H and O–H groups in total. The number of fused-ring (bicyclic) bond motifs is 1. The van der Waals surface area contributed by atoms with Gasteiger partial charge in [0.1, 0.15) is 0 Å². The molecule has 44 heavy (non-hydrogen) atoms. The van der Waals surface area contributed by atoms with E-state index in [1.54, 1.807) is 0 Å². The minimum atomic E-state index is -0.427. The Kier molecular flexibility index (Phi) is 7.28. The lowest BCUT2D eigenvalue weighted by Gasteiger charge is -2.34. The highest BCUT2D eigenvalue weighted by Crippen LogP contribution is 2.40. The summed E-state index contributed by atoms with van der Waals surface area (Å²) in [5.41, 5.74) is 7.52. The first-order chi connectivity index (χ1) is 21.3. The molecule has 1 fully saturated rings. The molecular formula is C40H38BNO2. The Morgan fingerprint density at radius 1 is 0.614 bits per heavy atom. The molecule has 218 valence electrons. The molecule has 1 heterocycles. The fourth-order valence-corrected chi connectivity index (χ4v) is 6.29. The van der Waals surface area contributed by atoms with E-state index in [9.17, 15) is 0 Å². The second kappa shape index (κ2) is 11.3. The van der Waals surface area contributed by atoms with Crippen molar-refractivity contribution in [3.8, 4) is 11.1 Å². The van der Waals surface area contributed by atoms with E-state index < -0.39 is 18.3 Å². The van der Waals surface area contributed by atoms with E-state index in [-0.39, 0.29) is 6.04 Å². The van der Waals surface area contributed by atoms with E-state index in [4.69, 9.17) is 9.31 Å². The number of rotatable bonds is 6. The molecule has 2 aliphatic rings. The first-order valence-electron chi connectivity index (χ1n) is 15.6. The van der Waals surface area contributed by atoms with Crippen LogP contribution in [0.15, 0.2) is 140 Å². The van der Waals surface area contributed by atoms with Gasteiger partial charge >= 0.3 is 7.12 Å². The van der Waals surface area contributed by atoms with Crippen molar-refractivity contribution in [2.45, 2.75) is 51.4 Å². The Balaban J connectivity index is 1.31. The molecule has 0 saturated carbocycles. The fourth-order valence-electron chi connectivity index (χ4n) is 6.29. The molecule has 5 aromatic carbocycles. The van der Waals surface area contributed by atoms with Crippen molar-refractivity contribution >= 4 is 40.3 Å². The van der Waals surface area contributed by atoms with Gasteiger partial charge in [0.25, 0.3) is 0 Å². The van der Waals surface area contributed by atoms with Crippen LogP contribution in [-0.4, -0.2) is 24.4 Å². The number of benzene rings is 5. The maximum absolute atomic E-state index is 6.51. The molecule has 0 aromatic heterocycles. The van der Waals surface area contributed by atoms with Gasteiger partial charge in [-0.2, -0.15) is 0 Å². The largest absolute Gasteiger partial charge is 0.495 e. The lowest BCUT2D eigenvalue weighted by molar-refractivity contribution is 0.00578. The van der Waals surface area contributed by atoms with E-state index in [0.717, 1.165) is 23.0 Å².